The van der Waals surface area contributed by atoms with Gasteiger partial charge in [0.05, 0.1) is 17.6 Å². The Kier molecular flexibility index (Phi) is 9.20. The third-order valence-electron chi connectivity index (χ3n) is 8.76. The van der Waals surface area contributed by atoms with Gasteiger partial charge >= 0.3 is 0 Å². The summed E-state index contributed by atoms with van der Waals surface area (Å²) in [6, 6.07) is 0. The van der Waals surface area contributed by atoms with E-state index >= 15 is 0 Å². The van der Waals surface area contributed by atoms with Gasteiger partial charge in [0.25, 0.3) is 0 Å². The molecule has 5 atom stereocenters. The molecule has 2 unspecified atom stereocenters. The van der Waals surface area contributed by atoms with Crippen molar-refractivity contribution in [3.8, 4) is 0 Å². The molecule has 0 aromatic carbocycles. The van der Waals surface area contributed by atoms with Gasteiger partial charge in [-0.05, 0) is 107 Å². The monoisotopic (exact) mass is 460 g/mol. The van der Waals surface area contributed by atoms with Gasteiger partial charge in [-0.3, -0.25) is 0 Å². The number of thioether (sulfide) groups is 1. The lowest BCUT2D eigenvalue weighted by atomic mass is 9.60. The summed E-state index contributed by atoms with van der Waals surface area (Å²) in [7, 11) is 0. The van der Waals surface area contributed by atoms with Crippen molar-refractivity contribution in [2.45, 2.75) is 110 Å². The zero-order valence-corrected chi connectivity index (χ0v) is 22.2. The molecule has 1 N–H and O–H groups in total. The summed E-state index contributed by atoms with van der Waals surface area (Å²) in [6.07, 6.45) is 20.5. The SMILES string of the molecule is C=C1CC[C@H](OCSC)C/C1=C/C=C1\CCCC2(C)C1CC[C@@H]2[C@@H](C)CCCC(C)(C)O. The number of ether oxygens (including phenoxy) is 1. The van der Waals surface area contributed by atoms with Crippen LogP contribution in [0.5, 0.6) is 0 Å². The van der Waals surface area contributed by atoms with Crippen LogP contribution in [0.4, 0.5) is 0 Å². The summed E-state index contributed by atoms with van der Waals surface area (Å²) < 4.78 is 6.03. The van der Waals surface area contributed by atoms with Gasteiger partial charge in [0.15, 0.2) is 0 Å². The van der Waals surface area contributed by atoms with Gasteiger partial charge in [0.2, 0.25) is 0 Å². The molecule has 3 saturated carbocycles. The fraction of sp³-hybridized carbons (Fsp3) is 0.793. The minimum absolute atomic E-state index is 0.356. The minimum atomic E-state index is -0.529. The van der Waals surface area contributed by atoms with Crippen LogP contribution in [0, 0.1) is 23.2 Å². The Balaban J connectivity index is 1.66. The Bertz CT molecular complexity index is 700. The zero-order chi connectivity index (χ0) is 23.4. The van der Waals surface area contributed by atoms with E-state index in [1.54, 1.807) is 17.3 Å². The fourth-order valence-electron chi connectivity index (χ4n) is 6.96. The second kappa shape index (κ2) is 11.3. The molecule has 0 aliphatic heterocycles. The molecular formula is C29H48O2S. The van der Waals surface area contributed by atoms with Crippen LogP contribution < -0.4 is 0 Å². The maximum absolute atomic E-state index is 10.1. The lowest BCUT2D eigenvalue weighted by Crippen LogP contribution is -2.36. The highest BCUT2D eigenvalue weighted by Crippen LogP contribution is 2.60. The van der Waals surface area contributed by atoms with E-state index in [2.05, 4.69) is 38.8 Å². The molecule has 2 nitrogen and oxygen atoms in total. The van der Waals surface area contributed by atoms with Crippen molar-refractivity contribution >= 4 is 11.8 Å². The highest BCUT2D eigenvalue weighted by Gasteiger charge is 2.50. The van der Waals surface area contributed by atoms with Crippen LogP contribution in [0.3, 0.4) is 0 Å². The molecular weight excluding hydrogens is 412 g/mol. The van der Waals surface area contributed by atoms with Gasteiger partial charge in [-0.25, -0.2) is 0 Å². The van der Waals surface area contributed by atoms with Crippen molar-refractivity contribution in [2.75, 3.05) is 12.2 Å². The minimum Gasteiger partial charge on any atom is -0.390 e. The summed E-state index contributed by atoms with van der Waals surface area (Å²) >= 11 is 1.76. The van der Waals surface area contributed by atoms with Crippen LogP contribution >= 0.6 is 11.8 Å². The number of aliphatic hydroxyl groups is 1. The molecule has 3 heteroatoms. The predicted molar refractivity (Wildman–Crippen MR) is 140 cm³/mol. The average Bonchev–Trinajstić information content (AvgIpc) is 3.08. The van der Waals surface area contributed by atoms with Gasteiger partial charge in [0, 0.05) is 0 Å². The van der Waals surface area contributed by atoms with Gasteiger partial charge in [0.1, 0.15) is 0 Å². The zero-order valence-electron chi connectivity index (χ0n) is 21.4. The van der Waals surface area contributed by atoms with Crippen LogP contribution in [0.15, 0.2) is 35.5 Å². The quantitative estimate of drug-likeness (QED) is 0.353. The Labute approximate surface area is 202 Å². The van der Waals surface area contributed by atoms with Crippen LogP contribution in [0.1, 0.15) is 98.3 Å². The Morgan fingerprint density at radius 3 is 2.75 bits per heavy atom. The summed E-state index contributed by atoms with van der Waals surface area (Å²) in [5.41, 5.74) is 4.34. The molecule has 0 aromatic heterocycles. The molecule has 0 amide bonds. The van der Waals surface area contributed by atoms with E-state index in [4.69, 9.17) is 4.74 Å². The predicted octanol–water partition coefficient (Wildman–Crippen LogP) is 8.08. The molecule has 0 radical (unpaired) electrons. The van der Waals surface area contributed by atoms with Crippen molar-refractivity contribution < 1.29 is 9.84 Å². The van der Waals surface area contributed by atoms with Crippen LogP contribution in [-0.4, -0.2) is 29.0 Å². The summed E-state index contributed by atoms with van der Waals surface area (Å²) in [4.78, 5) is 0. The molecule has 3 aliphatic rings. The molecule has 0 aromatic rings. The molecule has 3 fully saturated rings. The van der Waals surface area contributed by atoms with E-state index < -0.39 is 5.60 Å². The number of hydrogen-bond donors (Lipinski definition) is 1. The fourth-order valence-corrected chi connectivity index (χ4v) is 7.29. The first-order valence-electron chi connectivity index (χ1n) is 13.0. The first kappa shape index (κ1) is 26.1. The lowest BCUT2D eigenvalue weighted by molar-refractivity contribution is 0.0596. The molecule has 3 aliphatic carbocycles. The second-order valence-electron chi connectivity index (χ2n) is 11.8. The maximum Gasteiger partial charge on any atom is 0.0922 e. The third kappa shape index (κ3) is 6.54. The van der Waals surface area contributed by atoms with Gasteiger partial charge < -0.3 is 9.84 Å². The average molecular weight is 461 g/mol. The van der Waals surface area contributed by atoms with Crippen molar-refractivity contribution in [1.29, 1.82) is 0 Å². The molecule has 0 saturated heterocycles. The molecule has 32 heavy (non-hydrogen) atoms. The van der Waals surface area contributed by atoms with E-state index in [0.717, 1.165) is 55.8 Å². The van der Waals surface area contributed by atoms with Crippen molar-refractivity contribution in [3.63, 3.8) is 0 Å². The Morgan fingerprint density at radius 2 is 2.03 bits per heavy atom. The lowest BCUT2D eigenvalue weighted by Gasteiger charge is -2.44. The summed E-state index contributed by atoms with van der Waals surface area (Å²) in [6.45, 7) is 13.3. The summed E-state index contributed by atoms with van der Waals surface area (Å²) in [5.74, 6) is 3.11. The first-order chi connectivity index (χ1) is 15.1. The molecule has 182 valence electrons. The second-order valence-corrected chi connectivity index (χ2v) is 12.6. The third-order valence-corrected chi connectivity index (χ3v) is 9.13. The van der Waals surface area contributed by atoms with Gasteiger partial charge in [-0.1, -0.05) is 56.6 Å². The standard InChI is InChI=1S/C29H48O2S/c1-21-11-14-25(31-20-32-6)19-24(21)13-12-23-10-8-18-29(5)26(15-16-27(23)29)22(2)9-7-17-28(3,4)30/h12-13,22,25-27,30H,1,7-11,14-20H2,2-6H3/b23-12+,24-13-/t22-,25-,26+,27?,29?/m0/s1. The van der Waals surface area contributed by atoms with Crippen molar-refractivity contribution in [1.82, 2.24) is 0 Å². The maximum atomic E-state index is 10.1. The van der Waals surface area contributed by atoms with Gasteiger partial charge in [-0.2, -0.15) is 0 Å². The number of allylic oxidation sites excluding steroid dienone is 4. The number of hydrogen-bond acceptors (Lipinski definition) is 3. The van der Waals surface area contributed by atoms with E-state index in [9.17, 15) is 5.11 Å². The highest BCUT2D eigenvalue weighted by molar-refractivity contribution is 7.98. The van der Waals surface area contributed by atoms with E-state index in [0.29, 0.717) is 11.5 Å². The van der Waals surface area contributed by atoms with Gasteiger partial charge in [-0.15, -0.1) is 11.8 Å². The largest absolute Gasteiger partial charge is 0.390 e. The molecule has 0 bridgehead atoms. The molecule has 0 spiro atoms. The van der Waals surface area contributed by atoms with Crippen molar-refractivity contribution in [3.05, 3.63) is 35.5 Å². The highest BCUT2D eigenvalue weighted by atomic mass is 32.2. The Morgan fingerprint density at radius 1 is 1.25 bits per heavy atom. The topological polar surface area (TPSA) is 29.5 Å². The van der Waals surface area contributed by atoms with Crippen LogP contribution in [0.25, 0.3) is 0 Å². The number of rotatable bonds is 9. The smallest absolute Gasteiger partial charge is 0.0922 e. The van der Waals surface area contributed by atoms with Crippen molar-refractivity contribution in [2.24, 2.45) is 23.2 Å². The molecule has 0 heterocycles. The van der Waals surface area contributed by atoms with Crippen LogP contribution in [0.2, 0.25) is 0 Å². The Hall–Kier alpha value is -0.510. The van der Waals surface area contributed by atoms with E-state index in [1.807, 2.05) is 13.8 Å². The first-order valence-corrected chi connectivity index (χ1v) is 14.4. The molecule has 3 rings (SSSR count). The van der Waals surface area contributed by atoms with E-state index in [1.165, 1.54) is 49.7 Å². The number of fused-ring (bicyclic) bond motifs is 1. The normalized spacial score (nSPS) is 34.8. The van der Waals surface area contributed by atoms with E-state index in [-0.39, 0.29) is 0 Å². The van der Waals surface area contributed by atoms with Crippen LogP contribution in [-0.2, 0) is 4.74 Å². The summed E-state index contributed by atoms with van der Waals surface area (Å²) in [5, 5.41) is 10.1.